The van der Waals surface area contributed by atoms with Crippen molar-refractivity contribution in [1.82, 2.24) is 10.6 Å². The highest BCUT2D eigenvalue weighted by atomic mass is 16.6. The van der Waals surface area contributed by atoms with Crippen LogP contribution in [0.25, 0.3) is 0 Å². The van der Waals surface area contributed by atoms with Crippen LogP contribution in [-0.4, -0.2) is 38.0 Å². The van der Waals surface area contributed by atoms with Crippen molar-refractivity contribution >= 4 is 12.2 Å². The number of ether oxygens (including phenoxy) is 2. The van der Waals surface area contributed by atoms with E-state index in [2.05, 4.69) is 31.4 Å². The van der Waals surface area contributed by atoms with Crippen molar-refractivity contribution in [1.29, 1.82) is 0 Å². The summed E-state index contributed by atoms with van der Waals surface area (Å²) in [6, 6.07) is 0.154. The van der Waals surface area contributed by atoms with Crippen molar-refractivity contribution in [3.8, 4) is 0 Å². The topological polar surface area (TPSA) is 76.7 Å². The Bertz CT molecular complexity index is 486. The van der Waals surface area contributed by atoms with E-state index in [1.807, 2.05) is 0 Å². The molecule has 182 valence electrons. The third-order valence-electron chi connectivity index (χ3n) is 6.35. The summed E-state index contributed by atoms with van der Waals surface area (Å²) in [4.78, 5) is 24.0. The summed E-state index contributed by atoms with van der Waals surface area (Å²) in [5.74, 6) is 0. The maximum absolute atomic E-state index is 12.1. The number of hydrogen-bond acceptors (Lipinski definition) is 4. The lowest BCUT2D eigenvalue weighted by atomic mass is 9.71. The summed E-state index contributed by atoms with van der Waals surface area (Å²) in [6.45, 7) is 8.25. The van der Waals surface area contributed by atoms with E-state index in [0.29, 0.717) is 19.8 Å². The fraction of sp³-hybridized carbons (Fsp3) is 0.920. The Labute approximate surface area is 190 Å². The van der Waals surface area contributed by atoms with Crippen LogP contribution in [-0.2, 0) is 9.47 Å². The first kappa shape index (κ1) is 27.6. The first-order valence-corrected chi connectivity index (χ1v) is 12.8. The van der Waals surface area contributed by atoms with E-state index in [9.17, 15) is 9.59 Å². The van der Waals surface area contributed by atoms with Crippen molar-refractivity contribution in [2.24, 2.45) is 5.41 Å². The fourth-order valence-electron chi connectivity index (χ4n) is 4.39. The molecular formula is C25H48N2O4. The molecule has 1 rings (SSSR count). The van der Waals surface area contributed by atoms with Gasteiger partial charge in [0.2, 0.25) is 0 Å². The molecule has 0 heterocycles. The van der Waals surface area contributed by atoms with Crippen LogP contribution in [0.3, 0.4) is 0 Å². The molecule has 6 heteroatoms. The van der Waals surface area contributed by atoms with Crippen molar-refractivity contribution in [2.45, 2.75) is 123 Å². The van der Waals surface area contributed by atoms with Crippen LogP contribution in [0.5, 0.6) is 0 Å². The van der Waals surface area contributed by atoms with Crippen LogP contribution in [0.1, 0.15) is 117 Å². The van der Waals surface area contributed by atoms with Crippen LogP contribution in [0.15, 0.2) is 0 Å². The van der Waals surface area contributed by atoms with Gasteiger partial charge in [-0.05, 0) is 43.9 Å². The monoisotopic (exact) mass is 440 g/mol. The zero-order chi connectivity index (χ0) is 22.8. The van der Waals surface area contributed by atoms with Crippen LogP contribution >= 0.6 is 0 Å². The second kappa shape index (κ2) is 17.1. The molecule has 1 aliphatic carbocycles. The smallest absolute Gasteiger partial charge is 0.407 e. The molecule has 1 fully saturated rings. The van der Waals surface area contributed by atoms with Gasteiger partial charge in [-0.1, -0.05) is 78.6 Å². The summed E-state index contributed by atoms with van der Waals surface area (Å²) in [6.07, 6.45) is 15.9. The lowest BCUT2D eigenvalue weighted by molar-refractivity contribution is 0.119. The molecule has 2 atom stereocenters. The number of carbonyl (C=O) groups is 2. The second-order valence-corrected chi connectivity index (χ2v) is 9.53. The predicted octanol–water partition coefficient (Wildman–Crippen LogP) is 6.72. The molecule has 1 aliphatic rings. The predicted molar refractivity (Wildman–Crippen MR) is 126 cm³/mol. The van der Waals surface area contributed by atoms with Gasteiger partial charge in [-0.25, -0.2) is 9.59 Å². The van der Waals surface area contributed by atoms with Gasteiger partial charge in [0.05, 0.1) is 13.2 Å². The zero-order valence-electron chi connectivity index (χ0n) is 20.4. The van der Waals surface area contributed by atoms with Gasteiger partial charge in [-0.2, -0.15) is 0 Å². The van der Waals surface area contributed by atoms with Crippen molar-refractivity contribution in [2.75, 3.05) is 19.8 Å². The summed E-state index contributed by atoms with van der Waals surface area (Å²) < 4.78 is 10.6. The molecular weight excluding hydrogens is 392 g/mol. The van der Waals surface area contributed by atoms with Gasteiger partial charge in [0.25, 0.3) is 0 Å². The number of alkyl carbamates (subject to hydrolysis) is 2. The highest BCUT2D eigenvalue weighted by Crippen LogP contribution is 2.38. The van der Waals surface area contributed by atoms with E-state index < -0.39 is 0 Å². The number of rotatable bonds is 16. The normalized spacial score (nSPS) is 20.8. The van der Waals surface area contributed by atoms with Crippen LogP contribution in [0.4, 0.5) is 9.59 Å². The maximum Gasteiger partial charge on any atom is 0.407 e. The van der Waals surface area contributed by atoms with Crippen LogP contribution in [0, 0.1) is 5.41 Å². The quantitative estimate of drug-likeness (QED) is 0.261. The van der Waals surface area contributed by atoms with E-state index in [1.165, 1.54) is 38.5 Å². The molecule has 0 aliphatic heterocycles. The summed E-state index contributed by atoms with van der Waals surface area (Å²) in [5.41, 5.74) is 0.115. The van der Waals surface area contributed by atoms with Gasteiger partial charge >= 0.3 is 12.2 Å². The van der Waals surface area contributed by atoms with Crippen LogP contribution in [0.2, 0.25) is 0 Å². The van der Waals surface area contributed by atoms with Gasteiger partial charge in [0.15, 0.2) is 0 Å². The number of carbonyl (C=O) groups excluding carboxylic acids is 2. The third-order valence-corrected chi connectivity index (χ3v) is 6.35. The molecule has 1 saturated carbocycles. The molecule has 0 aromatic rings. The Kier molecular flexibility index (Phi) is 15.2. The van der Waals surface area contributed by atoms with E-state index in [0.717, 1.165) is 57.8 Å². The minimum atomic E-state index is -0.313. The van der Waals surface area contributed by atoms with E-state index in [1.54, 1.807) is 0 Å². The van der Waals surface area contributed by atoms with Crippen molar-refractivity contribution in [3.63, 3.8) is 0 Å². The van der Waals surface area contributed by atoms with Gasteiger partial charge in [0.1, 0.15) is 0 Å². The van der Waals surface area contributed by atoms with Crippen molar-refractivity contribution in [3.05, 3.63) is 0 Å². The van der Waals surface area contributed by atoms with E-state index in [4.69, 9.17) is 9.47 Å². The molecule has 6 nitrogen and oxygen atoms in total. The second-order valence-electron chi connectivity index (χ2n) is 9.53. The highest BCUT2D eigenvalue weighted by molar-refractivity contribution is 5.67. The minimum Gasteiger partial charge on any atom is -0.450 e. The fourth-order valence-corrected chi connectivity index (χ4v) is 4.39. The molecule has 0 spiro atoms. The summed E-state index contributed by atoms with van der Waals surface area (Å²) in [5, 5.41) is 5.94. The first-order valence-electron chi connectivity index (χ1n) is 12.8. The average Bonchev–Trinajstić information content (AvgIpc) is 2.73. The number of hydrogen-bond donors (Lipinski definition) is 2. The molecule has 0 radical (unpaired) electrons. The number of amides is 2. The molecule has 2 amide bonds. The Balaban J connectivity index is 2.15. The van der Waals surface area contributed by atoms with E-state index >= 15 is 0 Å². The lowest BCUT2D eigenvalue weighted by Crippen LogP contribution is -2.43. The standard InChI is InChI=1S/C25H48N2O4/c1-4-6-8-10-12-19-30-23(28)26-18-17-25(3)16-14-15-22(21-25)27-24(29)31-20-13-11-9-7-5-2/h22H,4-21H2,1-3H3,(H,26,28)(H,27,29). The van der Waals surface area contributed by atoms with Gasteiger partial charge in [-0.15, -0.1) is 0 Å². The SMILES string of the molecule is CCCCCCCOC(=O)NCCC1(C)CCCC(NC(=O)OCCCCCCC)C1. The largest absolute Gasteiger partial charge is 0.450 e. The molecule has 2 N–H and O–H groups in total. The first-order chi connectivity index (χ1) is 15.0. The molecule has 2 unspecified atom stereocenters. The van der Waals surface area contributed by atoms with Crippen LogP contribution < -0.4 is 10.6 Å². The Morgan fingerprint density at radius 3 is 2.06 bits per heavy atom. The number of unbranched alkanes of at least 4 members (excludes halogenated alkanes) is 8. The molecule has 0 aromatic heterocycles. The third kappa shape index (κ3) is 14.3. The molecule has 31 heavy (non-hydrogen) atoms. The maximum atomic E-state index is 12.1. The van der Waals surface area contributed by atoms with Gasteiger partial charge in [-0.3, -0.25) is 0 Å². The summed E-state index contributed by atoms with van der Waals surface area (Å²) in [7, 11) is 0. The minimum absolute atomic E-state index is 0.115. The zero-order valence-corrected chi connectivity index (χ0v) is 20.4. The van der Waals surface area contributed by atoms with Gasteiger partial charge in [0, 0.05) is 12.6 Å². The van der Waals surface area contributed by atoms with Crippen molar-refractivity contribution < 1.29 is 19.1 Å². The Morgan fingerprint density at radius 1 is 0.871 bits per heavy atom. The van der Waals surface area contributed by atoms with E-state index in [-0.39, 0.29) is 23.6 Å². The van der Waals surface area contributed by atoms with Gasteiger partial charge < -0.3 is 20.1 Å². The highest BCUT2D eigenvalue weighted by Gasteiger charge is 2.32. The molecule has 0 bridgehead atoms. The number of nitrogens with one attached hydrogen (secondary N) is 2. The Morgan fingerprint density at radius 2 is 1.45 bits per heavy atom. The lowest BCUT2D eigenvalue weighted by Gasteiger charge is -2.38. The summed E-state index contributed by atoms with van der Waals surface area (Å²) >= 11 is 0. The average molecular weight is 441 g/mol. The Hall–Kier alpha value is -1.46. The molecule has 0 aromatic carbocycles. The molecule has 0 saturated heterocycles.